The summed E-state index contributed by atoms with van der Waals surface area (Å²) in [6, 6.07) is 17.0. The van der Waals surface area contributed by atoms with Gasteiger partial charge in [0, 0.05) is 12.2 Å². The summed E-state index contributed by atoms with van der Waals surface area (Å²) in [4.78, 5) is 13.5. The van der Waals surface area contributed by atoms with Crippen LogP contribution in [-0.2, 0) is 21.2 Å². The second-order valence-corrected chi connectivity index (χ2v) is 8.28. The van der Waals surface area contributed by atoms with E-state index in [2.05, 4.69) is 4.72 Å². The molecule has 0 bridgehead atoms. The zero-order chi connectivity index (χ0) is 18.6. The normalized spacial score (nSPS) is 17.3. The van der Waals surface area contributed by atoms with Crippen molar-refractivity contribution in [2.45, 2.75) is 19.4 Å². The monoisotopic (exact) mass is 374 g/mol. The zero-order valence-electron chi connectivity index (χ0n) is 14.6. The van der Waals surface area contributed by atoms with Crippen LogP contribution in [0.3, 0.4) is 0 Å². The fraction of sp³-hybridized carbons (Fsp3) is 0.316. The third-order valence-corrected chi connectivity index (χ3v) is 5.60. The van der Waals surface area contributed by atoms with Gasteiger partial charge in [0.15, 0.2) is 0 Å². The Hall–Kier alpha value is -2.38. The number of benzene rings is 2. The van der Waals surface area contributed by atoms with Crippen molar-refractivity contribution >= 4 is 21.8 Å². The standard InChI is InChI=1S/C19H22N2O4S/c1-15-7-9-17(10-8-15)21-14-18(25-19(21)22)13-20-26(23,24)12-11-16-5-3-2-4-6-16/h2-10,18,20H,11-14H2,1H3. The van der Waals surface area contributed by atoms with Crippen molar-refractivity contribution in [1.29, 1.82) is 0 Å². The molecule has 138 valence electrons. The molecule has 0 aromatic heterocycles. The van der Waals surface area contributed by atoms with Crippen molar-refractivity contribution in [3.63, 3.8) is 0 Å². The SMILES string of the molecule is Cc1ccc(N2CC(CNS(=O)(=O)CCc3ccccc3)OC2=O)cc1. The number of hydrogen-bond donors (Lipinski definition) is 1. The minimum absolute atomic E-state index is 0.000639. The topological polar surface area (TPSA) is 75.7 Å². The number of aryl methyl sites for hydroxylation is 2. The maximum Gasteiger partial charge on any atom is 0.414 e. The number of anilines is 1. The Kier molecular flexibility index (Phi) is 5.58. The van der Waals surface area contributed by atoms with Crippen molar-refractivity contribution in [3.8, 4) is 0 Å². The van der Waals surface area contributed by atoms with Gasteiger partial charge >= 0.3 is 6.09 Å². The van der Waals surface area contributed by atoms with Crippen LogP contribution in [0.2, 0.25) is 0 Å². The molecular formula is C19H22N2O4S. The van der Waals surface area contributed by atoms with Crippen LogP contribution in [0, 0.1) is 6.92 Å². The third-order valence-electron chi connectivity index (χ3n) is 4.25. The average Bonchev–Trinajstić information content (AvgIpc) is 3.01. The van der Waals surface area contributed by atoms with E-state index in [1.54, 1.807) is 0 Å². The number of carbonyl (C=O) groups is 1. The van der Waals surface area contributed by atoms with Gasteiger partial charge < -0.3 is 4.74 Å². The summed E-state index contributed by atoms with van der Waals surface area (Å²) >= 11 is 0. The Morgan fingerprint density at radius 2 is 1.81 bits per heavy atom. The van der Waals surface area contributed by atoms with Crippen molar-refractivity contribution in [1.82, 2.24) is 4.72 Å². The highest BCUT2D eigenvalue weighted by Crippen LogP contribution is 2.21. The minimum atomic E-state index is -3.43. The second kappa shape index (κ2) is 7.88. The second-order valence-electron chi connectivity index (χ2n) is 6.35. The molecule has 2 aromatic carbocycles. The van der Waals surface area contributed by atoms with Crippen LogP contribution in [-0.4, -0.2) is 39.5 Å². The summed E-state index contributed by atoms with van der Waals surface area (Å²) in [5, 5.41) is 0. The third kappa shape index (κ3) is 4.83. The predicted molar refractivity (Wildman–Crippen MR) is 101 cm³/mol. The minimum Gasteiger partial charge on any atom is -0.443 e. The fourth-order valence-corrected chi connectivity index (χ4v) is 3.84. The lowest BCUT2D eigenvalue weighted by Crippen LogP contribution is -2.36. The molecule has 1 saturated heterocycles. The van der Waals surface area contributed by atoms with E-state index in [0.717, 1.165) is 16.8 Å². The molecule has 0 radical (unpaired) electrons. The number of nitrogens with one attached hydrogen (secondary N) is 1. The number of sulfonamides is 1. The first-order chi connectivity index (χ1) is 12.4. The van der Waals surface area contributed by atoms with Gasteiger partial charge in [0.2, 0.25) is 10.0 Å². The fourth-order valence-electron chi connectivity index (χ4n) is 2.75. The molecule has 0 spiro atoms. The summed E-state index contributed by atoms with van der Waals surface area (Å²) in [5.74, 6) is -0.000639. The molecule has 1 aliphatic rings. The predicted octanol–water partition coefficient (Wildman–Crippen LogP) is 2.48. The van der Waals surface area contributed by atoms with Gasteiger partial charge in [-0.25, -0.2) is 17.9 Å². The van der Waals surface area contributed by atoms with Gasteiger partial charge in [0.25, 0.3) is 0 Å². The first kappa shape index (κ1) is 18.4. The van der Waals surface area contributed by atoms with Gasteiger partial charge in [-0.05, 0) is 31.0 Å². The van der Waals surface area contributed by atoms with E-state index >= 15 is 0 Å². The van der Waals surface area contributed by atoms with Crippen molar-refractivity contribution in [2.75, 3.05) is 23.7 Å². The number of carbonyl (C=O) groups excluding carboxylic acids is 1. The summed E-state index contributed by atoms with van der Waals surface area (Å²) in [7, 11) is -3.43. The van der Waals surface area contributed by atoms with E-state index in [1.165, 1.54) is 4.90 Å². The molecule has 1 heterocycles. The van der Waals surface area contributed by atoms with Crippen LogP contribution in [0.25, 0.3) is 0 Å². The number of nitrogens with zero attached hydrogens (tertiary/aromatic N) is 1. The summed E-state index contributed by atoms with van der Waals surface area (Å²) in [6.07, 6.45) is -0.520. The molecule has 1 unspecified atom stereocenters. The smallest absolute Gasteiger partial charge is 0.414 e. The highest BCUT2D eigenvalue weighted by Gasteiger charge is 2.32. The average molecular weight is 374 g/mol. The van der Waals surface area contributed by atoms with E-state index in [1.807, 2.05) is 61.5 Å². The Balaban J connectivity index is 1.51. The Morgan fingerprint density at radius 1 is 1.12 bits per heavy atom. The van der Waals surface area contributed by atoms with E-state index in [0.29, 0.717) is 13.0 Å². The molecule has 3 rings (SSSR count). The Bertz CT molecular complexity index is 851. The van der Waals surface area contributed by atoms with Crippen molar-refractivity contribution in [3.05, 3.63) is 65.7 Å². The number of cyclic esters (lactones) is 1. The van der Waals surface area contributed by atoms with E-state index in [4.69, 9.17) is 4.74 Å². The molecule has 7 heteroatoms. The van der Waals surface area contributed by atoms with Gasteiger partial charge in [-0.3, -0.25) is 4.90 Å². The van der Waals surface area contributed by atoms with Gasteiger partial charge in [-0.15, -0.1) is 0 Å². The largest absolute Gasteiger partial charge is 0.443 e. The van der Waals surface area contributed by atoms with E-state index in [9.17, 15) is 13.2 Å². The first-order valence-corrected chi connectivity index (χ1v) is 10.1. The molecule has 1 amide bonds. The number of amides is 1. The van der Waals surface area contributed by atoms with Crippen LogP contribution in [0.4, 0.5) is 10.5 Å². The lowest BCUT2D eigenvalue weighted by atomic mass is 10.2. The van der Waals surface area contributed by atoms with Gasteiger partial charge in [-0.1, -0.05) is 48.0 Å². The summed E-state index contributed by atoms with van der Waals surface area (Å²) in [5.41, 5.74) is 2.81. The summed E-state index contributed by atoms with van der Waals surface area (Å²) in [6.45, 7) is 2.37. The highest BCUT2D eigenvalue weighted by atomic mass is 32.2. The van der Waals surface area contributed by atoms with Gasteiger partial charge in [-0.2, -0.15) is 0 Å². The summed E-state index contributed by atoms with van der Waals surface area (Å²) < 4.78 is 32.1. The lowest BCUT2D eigenvalue weighted by molar-refractivity contribution is 0.143. The molecule has 6 nitrogen and oxygen atoms in total. The quantitative estimate of drug-likeness (QED) is 0.808. The molecule has 26 heavy (non-hydrogen) atoms. The highest BCUT2D eigenvalue weighted by molar-refractivity contribution is 7.89. The molecule has 2 aromatic rings. The van der Waals surface area contributed by atoms with Crippen LogP contribution in [0.1, 0.15) is 11.1 Å². The Labute approximate surface area is 153 Å². The van der Waals surface area contributed by atoms with E-state index in [-0.39, 0.29) is 12.3 Å². The maximum atomic E-state index is 12.2. The van der Waals surface area contributed by atoms with Crippen LogP contribution in [0.15, 0.2) is 54.6 Å². The Morgan fingerprint density at radius 3 is 2.50 bits per heavy atom. The molecule has 1 N–H and O–H groups in total. The van der Waals surface area contributed by atoms with Gasteiger partial charge in [0.1, 0.15) is 6.10 Å². The van der Waals surface area contributed by atoms with E-state index < -0.39 is 22.2 Å². The number of rotatable bonds is 7. The zero-order valence-corrected chi connectivity index (χ0v) is 15.4. The molecular weight excluding hydrogens is 352 g/mol. The molecule has 1 aliphatic heterocycles. The van der Waals surface area contributed by atoms with Crippen molar-refractivity contribution < 1.29 is 17.9 Å². The molecule has 1 fully saturated rings. The van der Waals surface area contributed by atoms with Crippen molar-refractivity contribution in [2.24, 2.45) is 0 Å². The first-order valence-electron chi connectivity index (χ1n) is 8.49. The molecule has 1 atom stereocenters. The van der Waals surface area contributed by atoms with Crippen LogP contribution >= 0.6 is 0 Å². The lowest BCUT2D eigenvalue weighted by Gasteiger charge is -2.13. The number of hydrogen-bond acceptors (Lipinski definition) is 4. The number of ether oxygens (including phenoxy) is 1. The van der Waals surface area contributed by atoms with Gasteiger partial charge in [0.05, 0.1) is 12.3 Å². The van der Waals surface area contributed by atoms with Crippen LogP contribution < -0.4 is 9.62 Å². The molecule has 0 saturated carbocycles. The van der Waals surface area contributed by atoms with Crippen LogP contribution in [0.5, 0.6) is 0 Å². The molecule has 0 aliphatic carbocycles. The maximum absolute atomic E-state index is 12.2.